The molecular formula is C15H18F2N2O2. The van der Waals surface area contributed by atoms with E-state index in [0.717, 1.165) is 0 Å². The molecule has 0 spiro atoms. The maximum absolute atomic E-state index is 13.1. The van der Waals surface area contributed by atoms with E-state index >= 15 is 0 Å². The number of benzene rings is 1. The first-order valence-electron chi connectivity index (χ1n) is 6.90. The summed E-state index contributed by atoms with van der Waals surface area (Å²) in [7, 11) is 0. The van der Waals surface area contributed by atoms with Crippen molar-refractivity contribution in [1.82, 2.24) is 0 Å². The minimum atomic E-state index is -2.64. The quantitative estimate of drug-likeness (QED) is 0.508. The molecule has 0 saturated heterocycles. The third kappa shape index (κ3) is 3.77. The Morgan fingerprint density at radius 3 is 2.57 bits per heavy atom. The van der Waals surface area contributed by atoms with E-state index in [1.165, 1.54) is 0 Å². The highest BCUT2D eigenvalue weighted by atomic mass is 19.3. The third-order valence-corrected chi connectivity index (χ3v) is 3.81. The SMILES string of the molecule is C/C(=N/O)c1ccccc1NC(=O)C1CCC(F)(F)CC1. The van der Waals surface area contributed by atoms with Gasteiger partial charge in [-0.3, -0.25) is 4.79 Å². The van der Waals surface area contributed by atoms with Gasteiger partial charge in [-0.1, -0.05) is 23.4 Å². The van der Waals surface area contributed by atoms with Crippen LogP contribution in [0.5, 0.6) is 0 Å². The molecule has 2 rings (SSSR count). The first kappa shape index (κ1) is 15.4. The van der Waals surface area contributed by atoms with Crippen LogP contribution in [0.1, 0.15) is 38.2 Å². The summed E-state index contributed by atoms with van der Waals surface area (Å²) in [4.78, 5) is 12.2. The first-order chi connectivity index (χ1) is 9.93. The summed E-state index contributed by atoms with van der Waals surface area (Å²) in [5.74, 6) is -3.30. The molecule has 6 heteroatoms. The van der Waals surface area contributed by atoms with E-state index in [9.17, 15) is 13.6 Å². The van der Waals surface area contributed by atoms with E-state index in [1.54, 1.807) is 31.2 Å². The molecule has 1 aliphatic carbocycles. The predicted octanol–water partition coefficient (Wildman–Crippen LogP) is 3.65. The van der Waals surface area contributed by atoms with E-state index in [-0.39, 0.29) is 31.6 Å². The minimum absolute atomic E-state index is 0.189. The lowest BCUT2D eigenvalue weighted by Crippen LogP contribution is -2.32. The van der Waals surface area contributed by atoms with Crippen molar-refractivity contribution >= 4 is 17.3 Å². The zero-order valence-corrected chi connectivity index (χ0v) is 11.8. The molecule has 114 valence electrons. The maximum Gasteiger partial charge on any atom is 0.248 e. The van der Waals surface area contributed by atoms with Gasteiger partial charge >= 0.3 is 0 Å². The van der Waals surface area contributed by atoms with Crippen LogP contribution in [0.25, 0.3) is 0 Å². The first-order valence-corrected chi connectivity index (χ1v) is 6.90. The minimum Gasteiger partial charge on any atom is -0.411 e. The van der Waals surface area contributed by atoms with E-state index in [1.807, 2.05) is 0 Å². The number of amides is 1. The number of hydrogen-bond acceptors (Lipinski definition) is 3. The number of anilines is 1. The number of oxime groups is 1. The second kappa shape index (κ2) is 6.20. The molecule has 4 nitrogen and oxygen atoms in total. The normalized spacial score (nSPS) is 19.3. The molecule has 1 aliphatic rings. The van der Waals surface area contributed by atoms with Crippen molar-refractivity contribution in [2.45, 2.75) is 38.5 Å². The zero-order chi connectivity index (χ0) is 15.5. The molecule has 1 amide bonds. The Balaban J connectivity index is 2.07. The monoisotopic (exact) mass is 296 g/mol. The number of para-hydroxylation sites is 1. The van der Waals surface area contributed by atoms with Crippen molar-refractivity contribution in [3.05, 3.63) is 29.8 Å². The van der Waals surface area contributed by atoms with Gasteiger partial charge in [-0.05, 0) is 25.8 Å². The number of carbonyl (C=O) groups is 1. The standard InChI is InChI=1S/C15H18F2N2O2/c1-10(19-21)12-4-2-3-5-13(12)18-14(20)11-6-8-15(16,17)9-7-11/h2-5,11,21H,6-9H2,1H3,(H,18,20)/b19-10-. The highest BCUT2D eigenvalue weighted by Crippen LogP contribution is 2.36. The van der Waals surface area contributed by atoms with E-state index in [4.69, 9.17) is 5.21 Å². The zero-order valence-electron chi connectivity index (χ0n) is 11.8. The van der Waals surface area contributed by atoms with E-state index in [0.29, 0.717) is 17.0 Å². The van der Waals surface area contributed by atoms with Crippen molar-refractivity contribution in [2.24, 2.45) is 11.1 Å². The molecule has 0 heterocycles. The Labute approximate surface area is 121 Å². The Hall–Kier alpha value is -1.98. The topological polar surface area (TPSA) is 61.7 Å². The number of rotatable bonds is 3. The molecule has 0 unspecified atom stereocenters. The number of hydrogen-bond donors (Lipinski definition) is 2. The van der Waals surface area contributed by atoms with Crippen LogP contribution in [0.4, 0.5) is 14.5 Å². The predicted molar refractivity (Wildman–Crippen MR) is 76.0 cm³/mol. The molecule has 0 atom stereocenters. The fraction of sp³-hybridized carbons (Fsp3) is 0.467. The van der Waals surface area contributed by atoms with Crippen molar-refractivity contribution in [3.63, 3.8) is 0 Å². The maximum atomic E-state index is 13.1. The highest BCUT2D eigenvalue weighted by molar-refractivity contribution is 6.06. The van der Waals surface area contributed by atoms with Crippen LogP contribution in [0.15, 0.2) is 29.4 Å². The highest BCUT2D eigenvalue weighted by Gasteiger charge is 2.37. The Kier molecular flexibility index (Phi) is 4.55. The summed E-state index contributed by atoms with van der Waals surface area (Å²) in [5.41, 5.74) is 1.51. The van der Waals surface area contributed by atoms with Crippen LogP contribution in [0.2, 0.25) is 0 Å². The largest absolute Gasteiger partial charge is 0.411 e. The second-order valence-electron chi connectivity index (χ2n) is 5.35. The molecule has 21 heavy (non-hydrogen) atoms. The molecule has 0 bridgehead atoms. The summed E-state index contributed by atoms with van der Waals surface area (Å²) in [5, 5.41) is 14.7. The average Bonchev–Trinajstić information content (AvgIpc) is 2.46. The van der Waals surface area contributed by atoms with Gasteiger partial charge in [-0.15, -0.1) is 0 Å². The summed E-state index contributed by atoms with van der Waals surface area (Å²) >= 11 is 0. The van der Waals surface area contributed by atoms with Crippen LogP contribution in [-0.4, -0.2) is 22.7 Å². The van der Waals surface area contributed by atoms with Gasteiger partial charge in [0, 0.05) is 30.0 Å². The smallest absolute Gasteiger partial charge is 0.248 e. The van der Waals surface area contributed by atoms with Gasteiger partial charge in [0.1, 0.15) is 0 Å². The number of alkyl halides is 2. The summed E-state index contributed by atoms with van der Waals surface area (Å²) in [6.07, 6.45) is -0.115. The van der Waals surface area contributed by atoms with Crippen LogP contribution in [-0.2, 0) is 4.79 Å². The fourth-order valence-corrected chi connectivity index (χ4v) is 2.50. The Morgan fingerprint density at radius 2 is 1.95 bits per heavy atom. The molecule has 1 saturated carbocycles. The molecule has 1 aromatic carbocycles. The molecule has 2 N–H and O–H groups in total. The molecular weight excluding hydrogens is 278 g/mol. The fourth-order valence-electron chi connectivity index (χ4n) is 2.50. The van der Waals surface area contributed by atoms with Crippen LogP contribution < -0.4 is 5.32 Å². The average molecular weight is 296 g/mol. The van der Waals surface area contributed by atoms with Crippen LogP contribution in [0.3, 0.4) is 0 Å². The van der Waals surface area contributed by atoms with E-state index < -0.39 is 11.8 Å². The summed E-state index contributed by atoms with van der Waals surface area (Å²) < 4.78 is 26.2. The second-order valence-corrected chi connectivity index (χ2v) is 5.35. The molecule has 0 aromatic heterocycles. The third-order valence-electron chi connectivity index (χ3n) is 3.81. The molecule has 1 aromatic rings. The molecule has 0 aliphatic heterocycles. The lowest BCUT2D eigenvalue weighted by molar-refractivity contribution is -0.124. The summed E-state index contributed by atoms with van der Waals surface area (Å²) in [6, 6.07) is 6.93. The summed E-state index contributed by atoms with van der Waals surface area (Å²) in [6.45, 7) is 1.62. The van der Waals surface area contributed by atoms with Gasteiger partial charge in [-0.25, -0.2) is 8.78 Å². The Morgan fingerprint density at radius 1 is 1.33 bits per heavy atom. The lowest BCUT2D eigenvalue weighted by atomic mass is 9.86. The van der Waals surface area contributed by atoms with Crippen molar-refractivity contribution in [3.8, 4) is 0 Å². The van der Waals surface area contributed by atoms with Gasteiger partial charge in [-0.2, -0.15) is 0 Å². The van der Waals surface area contributed by atoms with Crippen molar-refractivity contribution < 1.29 is 18.8 Å². The number of carbonyl (C=O) groups excluding carboxylic acids is 1. The van der Waals surface area contributed by atoms with Gasteiger partial charge in [0.25, 0.3) is 0 Å². The van der Waals surface area contributed by atoms with Crippen LogP contribution in [0, 0.1) is 5.92 Å². The lowest BCUT2D eigenvalue weighted by Gasteiger charge is -2.27. The van der Waals surface area contributed by atoms with Gasteiger partial charge in [0.05, 0.1) is 5.71 Å². The molecule has 0 radical (unpaired) electrons. The number of halogens is 2. The molecule has 1 fully saturated rings. The Bertz CT molecular complexity index is 548. The number of nitrogens with zero attached hydrogens (tertiary/aromatic N) is 1. The van der Waals surface area contributed by atoms with Gasteiger partial charge < -0.3 is 10.5 Å². The van der Waals surface area contributed by atoms with Crippen LogP contribution >= 0.6 is 0 Å². The van der Waals surface area contributed by atoms with Gasteiger partial charge in [0.15, 0.2) is 0 Å². The van der Waals surface area contributed by atoms with E-state index in [2.05, 4.69) is 10.5 Å². The van der Waals surface area contributed by atoms with Gasteiger partial charge in [0.2, 0.25) is 11.8 Å². The number of nitrogens with one attached hydrogen (secondary N) is 1. The van der Waals surface area contributed by atoms with Crippen molar-refractivity contribution in [2.75, 3.05) is 5.32 Å². The van der Waals surface area contributed by atoms with Crippen molar-refractivity contribution in [1.29, 1.82) is 0 Å².